The molecule has 0 aliphatic carbocycles. The van der Waals surface area contributed by atoms with Crippen molar-refractivity contribution in [3.05, 3.63) is 0 Å². The maximum atomic E-state index is 11.9. The van der Waals surface area contributed by atoms with E-state index in [2.05, 4.69) is 0 Å². The summed E-state index contributed by atoms with van der Waals surface area (Å²) in [5, 5.41) is 8.77. The SMILES string of the molecule is CCCCN(CCO)S(=O)(=O)CCCC(F)(F)F. The van der Waals surface area contributed by atoms with Gasteiger partial charge in [0.05, 0.1) is 12.4 Å². The predicted molar refractivity (Wildman–Crippen MR) is 62.6 cm³/mol. The predicted octanol–water partition coefficient (Wildman–Crippen LogP) is 1.75. The average Bonchev–Trinajstić information content (AvgIpc) is 2.21. The first-order valence-electron chi connectivity index (χ1n) is 5.88. The molecule has 0 unspecified atom stereocenters. The van der Waals surface area contributed by atoms with E-state index < -0.39 is 34.8 Å². The fourth-order valence-electron chi connectivity index (χ4n) is 1.42. The Morgan fingerprint density at radius 3 is 2.22 bits per heavy atom. The minimum atomic E-state index is -4.33. The lowest BCUT2D eigenvalue weighted by molar-refractivity contribution is -0.134. The van der Waals surface area contributed by atoms with Crippen LogP contribution in [0.5, 0.6) is 0 Å². The van der Waals surface area contributed by atoms with Crippen molar-refractivity contribution < 1.29 is 26.7 Å². The second kappa shape index (κ2) is 7.96. The monoisotopic (exact) mass is 291 g/mol. The van der Waals surface area contributed by atoms with Crippen LogP contribution in [0.1, 0.15) is 32.6 Å². The fourth-order valence-corrected chi connectivity index (χ4v) is 2.95. The van der Waals surface area contributed by atoms with Crippen molar-refractivity contribution in [2.24, 2.45) is 0 Å². The molecule has 0 rings (SSSR count). The number of hydrogen-bond acceptors (Lipinski definition) is 3. The quantitative estimate of drug-likeness (QED) is 0.704. The molecular formula is C10H20F3NO3S. The number of nitrogens with zero attached hydrogens (tertiary/aromatic N) is 1. The highest BCUT2D eigenvalue weighted by molar-refractivity contribution is 7.89. The molecule has 0 aromatic carbocycles. The summed E-state index contributed by atoms with van der Waals surface area (Å²) in [5.74, 6) is -0.532. The lowest BCUT2D eigenvalue weighted by Crippen LogP contribution is -2.36. The van der Waals surface area contributed by atoms with Gasteiger partial charge >= 0.3 is 6.18 Å². The molecule has 0 aromatic rings. The first kappa shape index (κ1) is 17.7. The van der Waals surface area contributed by atoms with Gasteiger partial charge in [-0.2, -0.15) is 17.5 Å². The number of halogens is 3. The lowest BCUT2D eigenvalue weighted by Gasteiger charge is -2.21. The van der Waals surface area contributed by atoms with Gasteiger partial charge in [0, 0.05) is 19.5 Å². The molecule has 0 aromatic heterocycles. The molecule has 18 heavy (non-hydrogen) atoms. The minimum Gasteiger partial charge on any atom is -0.395 e. The largest absolute Gasteiger partial charge is 0.395 e. The van der Waals surface area contributed by atoms with Crippen LogP contribution in [-0.2, 0) is 10.0 Å². The Morgan fingerprint density at radius 2 is 1.78 bits per heavy atom. The van der Waals surface area contributed by atoms with Gasteiger partial charge in [0.2, 0.25) is 10.0 Å². The molecule has 0 saturated heterocycles. The zero-order chi connectivity index (χ0) is 14.2. The van der Waals surface area contributed by atoms with E-state index in [9.17, 15) is 21.6 Å². The van der Waals surface area contributed by atoms with Crippen LogP contribution in [0.3, 0.4) is 0 Å². The average molecular weight is 291 g/mol. The van der Waals surface area contributed by atoms with Crippen LogP contribution in [0.4, 0.5) is 13.2 Å². The molecule has 1 N–H and O–H groups in total. The number of rotatable bonds is 9. The summed E-state index contributed by atoms with van der Waals surface area (Å²) in [4.78, 5) is 0. The number of alkyl halides is 3. The van der Waals surface area contributed by atoms with Crippen LogP contribution in [0, 0.1) is 0 Å². The molecule has 0 aliphatic heterocycles. The van der Waals surface area contributed by atoms with E-state index in [-0.39, 0.29) is 19.7 Å². The molecule has 0 spiro atoms. The molecule has 0 bridgehead atoms. The molecule has 8 heteroatoms. The van der Waals surface area contributed by atoms with Gasteiger partial charge < -0.3 is 5.11 Å². The minimum absolute atomic E-state index is 0.0612. The number of unbranched alkanes of at least 4 members (excludes halogenated alkanes) is 1. The van der Waals surface area contributed by atoms with Gasteiger partial charge in [-0.25, -0.2) is 8.42 Å². The molecule has 0 heterocycles. The summed E-state index contributed by atoms with van der Waals surface area (Å²) in [6.07, 6.45) is -4.48. The van der Waals surface area contributed by atoms with Crippen LogP contribution in [0.2, 0.25) is 0 Å². The highest BCUT2D eigenvalue weighted by atomic mass is 32.2. The third-order valence-electron chi connectivity index (χ3n) is 2.37. The van der Waals surface area contributed by atoms with E-state index in [4.69, 9.17) is 5.11 Å². The zero-order valence-corrected chi connectivity index (χ0v) is 11.2. The first-order chi connectivity index (χ1) is 8.23. The molecule has 0 aliphatic rings. The normalized spacial score (nSPS) is 13.2. The standard InChI is InChI=1S/C10H20F3NO3S/c1-2-3-6-14(7-8-15)18(16,17)9-4-5-10(11,12)13/h15H,2-9H2,1H3. The molecule has 110 valence electrons. The van der Waals surface area contributed by atoms with E-state index in [1.54, 1.807) is 0 Å². The van der Waals surface area contributed by atoms with Crippen LogP contribution in [0.25, 0.3) is 0 Å². The van der Waals surface area contributed by atoms with E-state index >= 15 is 0 Å². The number of hydrogen-bond donors (Lipinski definition) is 1. The Labute approximate surface area is 106 Å². The highest BCUT2D eigenvalue weighted by Crippen LogP contribution is 2.22. The second-order valence-corrected chi connectivity index (χ2v) is 6.10. The smallest absolute Gasteiger partial charge is 0.389 e. The van der Waals surface area contributed by atoms with E-state index in [0.29, 0.717) is 6.42 Å². The number of sulfonamides is 1. The number of aliphatic hydroxyl groups is 1. The summed E-state index contributed by atoms with van der Waals surface area (Å²) in [7, 11) is -3.71. The van der Waals surface area contributed by atoms with Gasteiger partial charge in [-0.3, -0.25) is 0 Å². The zero-order valence-electron chi connectivity index (χ0n) is 10.4. The second-order valence-electron chi connectivity index (χ2n) is 4.01. The molecule has 0 atom stereocenters. The van der Waals surface area contributed by atoms with Crippen molar-refractivity contribution in [3.63, 3.8) is 0 Å². The van der Waals surface area contributed by atoms with E-state index in [1.165, 1.54) is 0 Å². The van der Waals surface area contributed by atoms with Crippen molar-refractivity contribution in [2.45, 2.75) is 38.8 Å². The van der Waals surface area contributed by atoms with Gasteiger partial charge in [-0.1, -0.05) is 13.3 Å². The Morgan fingerprint density at radius 1 is 1.17 bits per heavy atom. The van der Waals surface area contributed by atoms with Gasteiger partial charge in [-0.05, 0) is 12.8 Å². The van der Waals surface area contributed by atoms with Gasteiger partial charge in [-0.15, -0.1) is 0 Å². The fraction of sp³-hybridized carbons (Fsp3) is 1.00. The Kier molecular flexibility index (Phi) is 7.81. The topological polar surface area (TPSA) is 57.6 Å². The number of aliphatic hydroxyl groups excluding tert-OH is 1. The van der Waals surface area contributed by atoms with Gasteiger partial charge in [0.15, 0.2) is 0 Å². The van der Waals surface area contributed by atoms with Crippen LogP contribution in [-0.4, -0.2) is 49.5 Å². The van der Waals surface area contributed by atoms with Crippen molar-refractivity contribution in [3.8, 4) is 0 Å². The molecule has 0 fully saturated rings. The Bertz CT molecular complexity index is 317. The third-order valence-corrected chi connectivity index (χ3v) is 4.32. The third kappa shape index (κ3) is 7.88. The molecule has 0 saturated carbocycles. The van der Waals surface area contributed by atoms with Gasteiger partial charge in [0.1, 0.15) is 0 Å². The maximum absolute atomic E-state index is 11.9. The summed E-state index contributed by atoms with van der Waals surface area (Å²) in [5.41, 5.74) is 0. The summed E-state index contributed by atoms with van der Waals surface area (Å²) in [6.45, 7) is 1.73. The summed E-state index contributed by atoms with van der Waals surface area (Å²) < 4.78 is 60.4. The van der Waals surface area contributed by atoms with Gasteiger partial charge in [0.25, 0.3) is 0 Å². The highest BCUT2D eigenvalue weighted by Gasteiger charge is 2.28. The Hall–Kier alpha value is -0.340. The molecule has 0 radical (unpaired) electrons. The van der Waals surface area contributed by atoms with Crippen LogP contribution >= 0.6 is 0 Å². The van der Waals surface area contributed by atoms with Crippen molar-refractivity contribution in [1.82, 2.24) is 4.31 Å². The first-order valence-corrected chi connectivity index (χ1v) is 7.49. The van der Waals surface area contributed by atoms with E-state index in [0.717, 1.165) is 10.7 Å². The maximum Gasteiger partial charge on any atom is 0.389 e. The van der Waals surface area contributed by atoms with Crippen molar-refractivity contribution >= 4 is 10.0 Å². The van der Waals surface area contributed by atoms with Crippen LogP contribution < -0.4 is 0 Å². The van der Waals surface area contributed by atoms with Crippen LogP contribution in [0.15, 0.2) is 0 Å². The molecular weight excluding hydrogens is 271 g/mol. The van der Waals surface area contributed by atoms with Crippen molar-refractivity contribution in [1.29, 1.82) is 0 Å². The van der Waals surface area contributed by atoms with Crippen molar-refractivity contribution in [2.75, 3.05) is 25.4 Å². The molecule has 0 amide bonds. The Balaban J connectivity index is 4.36. The lowest BCUT2D eigenvalue weighted by atomic mass is 10.3. The summed E-state index contributed by atoms with van der Waals surface area (Å²) >= 11 is 0. The molecule has 4 nitrogen and oxygen atoms in total. The summed E-state index contributed by atoms with van der Waals surface area (Å²) in [6, 6.07) is 0. The van der Waals surface area contributed by atoms with E-state index in [1.807, 2.05) is 6.92 Å².